The van der Waals surface area contributed by atoms with E-state index < -0.39 is 0 Å². The highest BCUT2D eigenvalue weighted by molar-refractivity contribution is 6.30. The molecule has 5 rings (SSSR count). The maximum Gasteiger partial charge on any atom is 0.260 e. The number of nitrogens with zero attached hydrogens (tertiary/aromatic N) is 2. The first kappa shape index (κ1) is 27.7. The van der Waals surface area contributed by atoms with Gasteiger partial charge in [-0.1, -0.05) is 80.0 Å². The predicted molar refractivity (Wildman–Crippen MR) is 156 cm³/mol. The highest BCUT2D eigenvalue weighted by atomic mass is 35.5. The second-order valence-corrected chi connectivity index (χ2v) is 11.6. The van der Waals surface area contributed by atoms with Gasteiger partial charge >= 0.3 is 0 Å². The van der Waals surface area contributed by atoms with Crippen molar-refractivity contribution in [3.05, 3.63) is 101 Å². The highest BCUT2D eigenvalue weighted by Crippen LogP contribution is 2.43. The van der Waals surface area contributed by atoms with Crippen LogP contribution in [0, 0.1) is 11.8 Å². The van der Waals surface area contributed by atoms with Crippen LogP contribution in [0.25, 0.3) is 0 Å². The third kappa shape index (κ3) is 7.21. The zero-order valence-electron chi connectivity index (χ0n) is 23.0. The first-order valence-electron chi connectivity index (χ1n) is 14.1. The molecule has 3 aromatic rings. The number of carbonyl (C=O) groups excluding carboxylic acids is 1. The number of amides is 1. The van der Waals surface area contributed by atoms with E-state index >= 15 is 0 Å². The summed E-state index contributed by atoms with van der Waals surface area (Å²) in [5.41, 5.74) is 3.76. The van der Waals surface area contributed by atoms with Gasteiger partial charge in [0.05, 0.1) is 12.7 Å². The van der Waals surface area contributed by atoms with E-state index in [0.29, 0.717) is 30.1 Å². The fourth-order valence-corrected chi connectivity index (χ4v) is 5.91. The van der Waals surface area contributed by atoms with Gasteiger partial charge in [0.2, 0.25) is 0 Å². The summed E-state index contributed by atoms with van der Waals surface area (Å²) in [6, 6.07) is 26.7. The zero-order chi connectivity index (χ0) is 27.2. The standard InChI is InChI=1S/C33H39ClN2O3/c1-24(2)31-20-28(26-8-12-29(34)13-9-26)22-39-33(31)27-10-14-30(15-11-27)38-23-32(37)36-18-16-35(17-19-36)21-25-6-4-3-5-7-25/h3-15,24,28,31,33H,16-23H2,1-2H3/t28-,31-,33-/m0/s1. The number of hydrogen-bond acceptors (Lipinski definition) is 4. The largest absolute Gasteiger partial charge is 0.484 e. The molecule has 3 aromatic carbocycles. The molecule has 0 N–H and O–H groups in total. The number of halogens is 1. The normalized spacial score (nSPS) is 22.2. The summed E-state index contributed by atoms with van der Waals surface area (Å²) >= 11 is 6.09. The smallest absolute Gasteiger partial charge is 0.260 e. The van der Waals surface area contributed by atoms with Gasteiger partial charge in [-0.3, -0.25) is 9.69 Å². The topological polar surface area (TPSA) is 42.0 Å². The molecule has 0 aromatic heterocycles. The van der Waals surface area contributed by atoms with Crippen molar-refractivity contribution < 1.29 is 14.3 Å². The van der Waals surface area contributed by atoms with Crippen molar-refractivity contribution in [2.45, 2.75) is 38.8 Å². The van der Waals surface area contributed by atoms with E-state index in [1.54, 1.807) is 0 Å². The summed E-state index contributed by atoms with van der Waals surface area (Å²) in [7, 11) is 0. The van der Waals surface area contributed by atoms with Crippen molar-refractivity contribution in [1.82, 2.24) is 9.80 Å². The third-order valence-corrected chi connectivity index (χ3v) is 8.42. The molecular formula is C33H39ClN2O3. The molecule has 0 bridgehead atoms. The molecule has 2 aliphatic rings. The molecule has 39 heavy (non-hydrogen) atoms. The summed E-state index contributed by atoms with van der Waals surface area (Å²) in [5.74, 6) is 2.04. The molecule has 0 unspecified atom stereocenters. The minimum atomic E-state index is 0.0437. The maximum atomic E-state index is 12.8. The van der Waals surface area contributed by atoms with E-state index in [4.69, 9.17) is 21.1 Å². The quantitative estimate of drug-likeness (QED) is 0.320. The van der Waals surface area contributed by atoms with Crippen LogP contribution in [0.1, 0.15) is 49.0 Å². The molecule has 0 spiro atoms. The summed E-state index contributed by atoms with van der Waals surface area (Å²) in [5, 5.41) is 0.763. The number of ether oxygens (including phenoxy) is 2. The van der Waals surface area contributed by atoms with Gasteiger partial charge in [0.1, 0.15) is 5.75 Å². The predicted octanol–water partition coefficient (Wildman–Crippen LogP) is 6.58. The molecule has 6 heteroatoms. The number of carbonyl (C=O) groups is 1. The summed E-state index contributed by atoms with van der Waals surface area (Å²) in [4.78, 5) is 17.1. The summed E-state index contributed by atoms with van der Waals surface area (Å²) in [6.07, 6.45) is 1.13. The lowest BCUT2D eigenvalue weighted by Gasteiger charge is -2.39. The molecule has 5 nitrogen and oxygen atoms in total. The molecule has 2 aliphatic heterocycles. The second-order valence-electron chi connectivity index (χ2n) is 11.1. The van der Waals surface area contributed by atoms with Crippen LogP contribution in [-0.2, 0) is 16.1 Å². The zero-order valence-corrected chi connectivity index (χ0v) is 23.7. The lowest BCUT2D eigenvalue weighted by molar-refractivity contribution is -0.135. The molecular weight excluding hydrogens is 508 g/mol. The molecule has 0 radical (unpaired) electrons. The monoisotopic (exact) mass is 546 g/mol. The lowest BCUT2D eigenvalue weighted by atomic mass is 9.76. The van der Waals surface area contributed by atoms with E-state index in [0.717, 1.165) is 49.7 Å². The van der Waals surface area contributed by atoms with E-state index in [1.807, 2.05) is 35.2 Å². The van der Waals surface area contributed by atoms with Crippen molar-refractivity contribution in [3.8, 4) is 5.75 Å². The fraction of sp³-hybridized carbons (Fsp3) is 0.424. The van der Waals surface area contributed by atoms with Crippen LogP contribution in [0.4, 0.5) is 0 Å². The van der Waals surface area contributed by atoms with Gasteiger partial charge in [0.25, 0.3) is 5.91 Å². The Morgan fingerprint density at radius 1 is 0.923 bits per heavy atom. The number of benzene rings is 3. The minimum absolute atomic E-state index is 0.0437. The van der Waals surface area contributed by atoms with Crippen LogP contribution in [-0.4, -0.2) is 55.1 Å². The Morgan fingerprint density at radius 3 is 2.26 bits per heavy atom. The minimum Gasteiger partial charge on any atom is -0.484 e. The Morgan fingerprint density at radius 2 is 1.59 bits per heavy atom. The number of hydrogen-bond donors (Lipinski definition) is 0. The second kappa shape index (κ2) is 13.0. The van der Waals surface area contributed by atoms with Crippen LogP contribution in [0.3, 0.4) is 0 Å². The van der Waals surface area contributed by atoms with Crippen molar-refractivity contribution in [1.29, 1.82) is 0 Å². The molecule has 0 aliphatic carbocycles. The van der Waals surface area contributed by atoms with E-state index in [9.17, 15) is 4.79 Å². The van der Waals surface area contributed by atoms with Gasteiger partial charge in [-0.2, -0.15) is 0 Å². The Balaban J connectivity index is 1.11. The molecule has 2 fully saturated rings. The van der Waals surface area contributed by atoms with E-state index in [2.05, 4.69) is 67.3 Å². The average molecular weight is 547 g/mol. The highest BCUT2D eigenvalue weighted by Gasteiger charge is 2.35. The van der Waals surface area contributed by atoms with Gasteiger partial charge in [-0.15, -0.1) is 0 Å². The Kier molecular flexibility index (Phi) is 9.23. The lowest BCUT2D eigenvalue weighted by Crippen LogP contribution is -2.49. The maximum absolute atomic E-state index is 12.8. The van der Waals surface area contributed by atoms with E-state index in [-0.39, 0.29) is 18.6 Å². The van der Waals surface area contributed by atoms with Gasteiger partial charge in [0, 0.05) is 43.7 Å². The Bertz CT molecular complexity index is 1190. The fourth-order valence-electron chi connectivity index (χ4n) is 5.78. The van der Waals surface area contributed by atoms with Gasteiger partial charge in [-0.25, -0.2) is 0 Å². The number of rotatable bonds is 8. The van der Waals surface area contributed by atoms with Crippen molar-refractivity contribution >= 4 is 17.5 Å². The summed E-state index contributed by atoms with van der Waals surface area (Å²) < 4.78 is 12.3. The molecule has 2 saturated heterocycles. The van der Waals surface area contributed by atoms with E-state index in [1.165, 1.54) is 11.1 Å². The molecule has 2 heterocycles. The van der Waals surface area contributed by atoms with Crippen molar-refractivity contribution in [2.75, 3.05) is 39.4 Å². The van der Waals surface area contributed by atoms with Crippen LogP contribution in [0.5, 0.6) is 5.75 Å². The average Bonchev–Trinajstić information content (AvgIpc) is 2.97. The first-order valence-corrected chi connectivity index (χ1v) is 14.5. The van der Waals surface area contributed by atoms with Gasteiger partial charge < -0.3 is 14.4 Å². The molecule has 1 amide bonds. The van der Waals surface area contributed by atoms with Crippen LogP contribution in [0.15, 0.2) is 78.9 Å². The van der Waals surface area contributed by atoms with Gasteiger partial charge in [-0.05, 0) is 59.2 Å². The molecule has 3 atom stereocenters. The summed E-state index contributed by atoms with van der Waals surface area (Å²) in [6.45, 7) is 9.47. The molecule has 0 saturated carbocycles. The van der Waals surface area contributed by atoms with Gasteiger partial charge in [0.15, 0.2) is 6.61 Å². The Labute approximate surface area is 237 Å². The van der Waals surface area contributed by atoms with Crippen molar-refractivity contribution in [3.63, 3.8) is 0 Å². The van der Waals surface area contributed by atoms with Crippen molar-refractivity contribution in [2.24, 2.45) is 11.8 Å². The SMILES string of the molecule is CC(C)[C@@H]1C[C@H](c2ccc(Cl)cc2)CO[C@H]1c1ccc(OCC(=O)N2CCN(Cc3ccccc3)CC2)cc1. The first-order chi connectivity index (χ1) is 19.0. The number of piperazine rings is 1. The third-order valence-electron chi connectivity index (χ3n) is 8.17. The Hall–Kier alpha value is -2.86. The molecule has 206 valence electrons. The van der Waals surface area contributed by atoms with Crippen LogP contribution >= 0.6 is 11.6 Å². The van der Waals surface area contributed by atoms with Crippen LogP contribution < -0.4 is 4.74 Å². The van der Waals surface area contributed by atoms with Crippen LogP contribution in [0.2, 0.25) is 5.02 Å².